The Balaban J connectivity index is 1.53. The zero-order valence-corrected chi connectivity index (χ0v) is 15.2. The van der Waals surface area contributed by atoms with Crippen LogP contribution in [0.15, 0.2) is 41.1 Å². The summed E-state index contributed by atoms with van der Waals surface area (Å²) in [6.07, 6.45) is 0. The molecule has 7 heteroatoms. The van der Waals surface area contributed by atoms with Crippen molar-refractivity contribution in [3.05, 3.63) is 52.5 Å². The predicted molar refractivity (Wildman–Crippen MR) is 97.9 cm³/mol. The number of nitrogens with zero attached hydrogens (tertiary/aromatic N) is 2. The summed E-state index contributed by atoms with van der Waals surface area (Å²) in [7, 11) is 0. The molecule has 1 aromatic carbocycles. The van der Waals surface area contributed by atoms with Crippen molar-refractivity contribution in [2.45, 2.75) is 12.1 Å². The van der Waals surface area contributed by atoms with Crippen molar-refractivity contribution in [2.24, 2.45) is 0 Å². The third-order valence-corrected chi connectivity index (χ3v) is 5.53. The Kier molecular flexibility index (Phi) is 5.04. The van der Waals surface area contributed by atoms with Gasteiger partial charge in [0.05, 0.1) is 19.8 Å². The molecule has 2 aromatic rings. The standard InChI is InChI=1S/C19H21FN2O3S/c20-16-1-3-17(4-2-16)22-13-19(25-10-18(22)23)12-21(6-7-24-14-19)9-15-5-8-26-11-15/h1-5,8,11H,6-7,9-10,12-14H2/t19-/m1/s1. The first-order valence-corrected chi connectivity index (χ1v) is 9.59. The zero-order valence-electron chi connectivity index (χ0n) is 14.4. The summed E-state index contributed by atoms with van der Waals surface area (Å²) < 4.78 is 25.0. The lowest BCUT2D eigenvalue weighted by atomic mass is 10.0. The number of morpholine rings is 1. The molecule has 2 fully saturated rings. The number of amides is 1. The third-order valence-electron chi connectivity index (χ3n) is 4.80. The molecule has 4 rings (SSSR count). The maximum absolute atomic E-state index is 13.2. The third kappa shape index (κ3) is 3.81. The number of anilines is 1. The maximum atomic E-state index is 13.2. The van der Waals surface area contributed by atoms with Gasteiger partial charge in [-0.05, 0) is 46.7 Å². The average Bonchev–Trinajstić information content (AvgIpc) is 3.07. The fourth-order valence-electron chi connectivity index (χ4n) is 3.51. The van der Waals surface area contributed by atoms with Gasteiger partial charge < -0.3 is 14.4 Å². The van der Waals surface area contributed by atoms with E-state index in [-0.39, 0.29) is 18.3 Å². The molecule has 2 aliphatic rings. The molecule has 2 saturated heterocycles. The van der Waals surface area contributed by atoms with Gasteiger partial charge in [0.25, 0.3) is 5.91 Å². The molecule has 0 aliphatic carbocycles. The highest BCUT2D eigenvalue weighted by molar-refractivity contribution is 7.07. The lowest BCUT2D eigenvalue weighted by Crippen LogP contribution is -2.60. The Hall–Kier alpha value is -1.80. The van der Waals surface area contributed by atoms with Crippen molar-refractivity contribution in [1.29, 1.82) is 0 Å². The van der Waals surface area contributed by atoms with Gasteiger partial charge in [-0.25, -0.2) is 4.39 Å². The van der Waals surface area contributed by atoms with Crippen LogP contribution in [0.2, 0.25) is 0 Å². The van der Waals surface area contributed by atoms with Crippen LogP contribution in [0.1, 0.15) is 5.56 Å². The maximum Gasteiger partial charge on any atom is 0.253 e. The number of hydrogen-bond donors (Lipinski definition) is 0. The number of carbonyl (C=O) groups is 1. The highest BCUT2D eigenvalue weighted by atomic mass is 32.1. The first-order chi connectivity index (χ1) is 12.6. The largest absolute Gasteiger partial charge is 0.377 e. The van der Waals surface area contributed by atoms with Gasteiger partial charge in [0.2, 0.25) is 0 Å². The second-order valence-electron chi connectivity index (χ2n) is 6.82. The Morgan fingerprint density at radius 2 is 2.04 bits per heavy atom. The molecule has 0 radical (unpaired) electrons. The zero-order chi connectivity index (χ0) is 18.0. The molecule has 138 valence electrons. The lowest BCUT2D eigenvalue weighted by molar-refractivity contribution is -0.146. The summed E-state index contributed by atoms with van der Waals surface area (Å²) in [5.41, 5.74) is 1.39. The molecule has 1 aromatic heterocycles. The van der Waals surface area contributed by atoms with Crippen LogP contribution in [-0.4, -0.2) is 55.9 Å². The van der Waals surface area contributed by atoms with Gasteiger partial charge in [-0.3, -0.25) is 9.69 Å². The number of thiophene rings is 1. The lowest BCUT2D eigenvalue weighted by Gasteiger charge is -2.43. The van der Waals surface area contributed by atoms with Crippen LogP contribution >= 0.6 is 11.3 Å². The number of benzene rings is 1. The van der Waals surface area contributed by atoms with Crippen LogP contribution in [0, 0.1) is 5.82 Å². The van der Waals surface area contributed by atoms with E-state index < -0.39 is 5.60 Å². The minimum absolute atomic E-state index is 0.00697. The van der Waals surface area contributed by atoms with Crippen LogP contribution < -0.4 is 4.90 Å². The van der Waals surface area contributed by atoms with Gasteiger partial charge in [-0.2, -0.15) is 11.3 Å². The van der Waals surface area contributed by atoms with Gasteiger partial charge in [0.15, 0.2) is 0 Å². The fraction of sp³-hybridized carbons (Fsp3) is 0.421. The monoisotopic (exact) mass is 376 g/mol. The summed E-state index contributed by atoms with van der Waals surface area (Å²) in [6, 6.07) is 8.13. The normalized spacial score (nSPS) is 24.8. The number of rotatable bonds is 3. The van der Waals surface area contributed by atoms with E-state index in [4.69, 9.17) is 9.47 Å². The van der Waals surface area contributed by atoms with Gasteiger partial charge >= 0.3 is 0 Å². The fourth-order valence-corrected chi connectivity index (χ4v) is 4.17. The van der Waals surface area contributed by atoms with Crippen LogP contribution in [0.25, 0.3) is 0 Å². The number of hydrogen-bond acceptors (Lipinski definition) is 5. The van der Waals surface area contributed by atoms with Crippen LogP contribution in [-0.2, 0) is 20.8 Å². The van der Waals surface area contributed by atoms with Gasteiger partial charge in [-0.1, -0.05) is 0 Å². The molecule has 0 bridgehead atoms. The SMILES string of the molecule is O=C1CO[C@@]2(COCCN(Cc3ccsc3)C2)CN1c1ccc(F)cc1. The highest BCUT2D eigenvalue weighted by Gasteiger charge is 2.43. The number of carbonyl (C=O) groups excluding carboxylic acids is 1. The van der Waals surface area contributed by atoms with E-state index >= 15 is 0 Å². The summed E-state index contributed by atoms with van der Waals surface area (Å²) >= 11 is 1.69. The summed E-state index contributed by atoms with van der Waals surface area (Å²) in [5.74, 6) is -0.431. The van der Waals surface area contributed by atoms with Crippen molar-refractivity contribution in [3.8, 4) is 0 Å². The number of ether oxygens (including phenoxy) is 2. The van der Waals surface area contributed by atoms with Crippen LogP contribution in [0.4, 0.5) is 10.1 Å². The first-order valence-electron chi connectivity index (χ1n) is 8.65. The van der Waals surface area contributed by atoms with E-state index in [9.17, 15) is 9.18 Å². The molecule has 3 heterocycles. The van der Waals surface area contributed by atoms with Crippen molar-refractivity contribution in [1.82, 2.24) is 4.90 Å². The Bertz CT molecular complexity index is 753. The van der Waals surface area contributed by atoms with E-state index in [0.29, 0.717) is 32.0 Å². The summed E-state index contributed by atoms with van der Waals surface area (Å²) in [6.45, 7) is 3.84. The van der Waals surface area contributed by atoms with Crippen molar-refractivity contribution in [3.63, 3.8) is 0 Å². The molecule has 0 N–H and O–H groups in total. The van der Waals surface area contributed by atoms with Crippen molar-refractivity contribution in [2.75, 3.05) is 44.4 Å². The van der Waals surface area contributed by atoms with Crippen LogP contribution in [0.3, 0.4) is 0 Å². The first kappa shape index (κ1) is 17.6. The molecule has 26 heavy (non-hydrogen) atoms. The van der Waals surface area contributed by atoms with Gasteiger partial charge in [0.1, 0.15) is 18.0 Å². The molecule has 5 nitrogen and oxygen atoms in total. The minimum atomic E-state index is -0.575. The molecular formula is C19H21FN2O3S. The smallest absolute Gasteiger partial charge is 0.253 e. The topological polar surface area (TPSA) is 42.0 Å². The van der Waals surface area contributed by atoms with E-state index in [0.717, 1.165) is 13.1 Å². The van der Waals surface area contributed by atoms with Crippen molar-refractivity contribution >= 4 is 22.9 Å². The van der Waals surface area contributed by atoms with Crippen LogP contribution in [0.5, 0.6) is 0 Å². The molecule has 0 unspecified atom stereocenters. The van der Waals surface area contributed by atoms with Gasteiger partial charge in [-0.15, -0.1) is 0 Å². The van der Waals surface area contributed by atoms with Crippen molar-refractivity contribution < 1.29 is 18.7 Å². The van der Waals surface area contributed by atoms with E-state index in [1.54, 1.807) is 28.4 Å². The Morgan fingerprint density at radius 1 is 1.19 bits per heavy atom. The molecule has 1 spiro atoms. The highest BCUT2D eigenvalue weighted by Crippen LogP contribution is 2.28. The second kappa shape index (κ2) is 7.44. The molecule has 2 aliphatic heterocycles. The average molecular weight is 376 g/mol. The van der Waals surface area contributed by atoms with Gasteiger partial charge in [0, 0.05) is 25.3 Å². The Morgan fingerprint density at radius 3 is 2.81 bits per heavy atom. The second-order valence-corrected chi connectivity index (χ2v) is 7.60. The molecular weight excluding hydrogens is 355 g/mol. The molecule has 1 atom stereocenters. The van der Waals surface area contributed by atoms with E-state index in [1.807, 2.05) is 0 Å². The summed E-state index contributed by atoms with van der Waals surface area (Å²) in [4.78, 5) is 16.4. The molecule has 1 amide bonds. The van der Waals surface area contributed by atoms with E-state index in [2.05, 4.69) is 21.7 Å². The number of halogens is 1. The minimum Gasteiger partial charge on any atom is -0.377 e. The predicted octanol–water partition coefficient (Wildman–Crippen LogP) is 2.52. The van der Waals surface area contributed by atoms with E-state index in [1.165, 1.54) is 17.7 Å². The molecule has 0 saturated carbocycles. The summed E-state index contributed by atoms with van der Waals surface area (Å²) in [5, 5.41) is 4.22. The Labute approximate surface area is 155 Å². The quantitative estimate of drug-likeness (QED) is 0.826.